The second-order valence-electron chi connectivity index (χ2n) is 9.11. The number of rotatable bonds is 6. The molecule has 0 bridgehead atoms. The molecule has 137 valence electrons. The molecular formula is C19H35IO3-. The van der Waals surface area contributed by atoms with Crippen LogP contribution < -0.4 is 22.6 Å². The summed E-state index contributed by atoms with van der Waals surface area (Å²) in [6.45, 7) is 8.50. The fourth-order valence-corrected chi connectivity index (χ4v) is 6.93. The zero-order chi connectivity index (χ0) is 17.5. The van der Waals surface area contributed by atoms with Gasteiger partial charge in [0.1, 0.15) is 0 Å². The zero-order valence-corrected chi connectivity index (χ0v) is 17.3. The van der Waals surface area contributed by atoms with Crippen molar-refractivity contribution in [3.63, 3.8) is 0 Å². The Morgan fingerprint density at radius 2 is 1.91 bits per heavy atom. The minimum atomic E-state index is -0.721. The standard InChI is InChI=1S/C19H35IO3/c1-13(10-14(12-21)11-17(2,3)23)15-7-9-19(20)16(22)6-5-8-18(15,19)4/h13-16,21-23H,5-12H2,1-4H3/q-1. The van der Waals surface area contributed by atoms with Crippen molar-refractivity contribution in [3.8, 4) is 0 Å². The quantitative estimate of drug-likeness (QED) is 0.406. The molecule has 0 heterocycles. The number of aliphatic hydroxyl groups excluding tert-OH is 2. The molecule has 1 radical (unpaired) electrons. The van der Waals surface area contributed by atoms with Crippen molar-refractivity contribution in [2.45, 2.75) is 87.8 Å². The van der Waals surface area contributed by atoms with Gasteiger partial charge >= 0.3 is 0 Å². The lowest BCUT2D eigenvalue weighted by Gasteiger charge is -2.60. The average molecular weight is 438 g/mol. The van der Waals surface area contributed by atoms with Gasteiger partial charge in [0.05, 0.1) is 5.60 Å². The molecule has 2 saturated carbocycles. The molecule has 0 aromatic heterocycles. The van der Waals surface area contributed by atoms with E-state index in [0.717, 1.165) is 25.7 Å². The van der Waals surface area contributed by atoms with Gasteiger partial charge in [0.25, 0.3) is 0 Å². The van der Waals surface area contributed by atoms with Crippen LogP contribution in [0.15, 0.2) is 0 Å². The summed E-state index contributed by atoms with van der Waals surface area (Å²) in [6.07, 6.45) is 6.99. The largest absolute Gasteiger partial charge is 0.786 e. The SMILES string of the molecule is CC(CC(CO)CC(C)(C)O)C1CCC2([I-])C(O)CCCC12C. The van der Waals surface area contributed by atoms with Crippen LogP contribution in [0.25, 0.3) is 0 Å². The molecule has 3 nitrogen and oxygen atoms in total. The molecule has 3 N–H and O–H groups in total. The van der Waals surface area contributed by atoms with Crippen LogP contribution in [0.2, 0.25) is 0 Å². The summed E-state index contributed by atoms with van der Waals surface area (Å²) in [5.74, 6) is 1.28. The van der Waals surface area contributed by atoms with Gasteiger partial charge in [-0.3, -0.25) is 0 Å². The number of aliphatic hydroxyl groups is 3. The molecule has 0 saturated heterocycles. The second kappa shape index (κ2) is 7.08. The summed E-state index contributed by atoms with van der Waals surface area (Å²) in [5, 5.41) is 30.4. The fraction of sp³-hybridized carbons (Fsp3) is 1.00. The maximum absolute atomic E-state index is 10.6. The van der Waals surface area contributed by atoms with Gasteiger partial charge in [-0.15, -0.1) is 3.42 Å². The van der Waals surface area contributed by atoms with Gasteiger partial charge in [0, 0.05) is 12.7 Å². The van der Waals surface area contributed by atoms with Crippen LogP contribution in [0.3, 0.4) is 0 Å². The average Bonchev–Trinajstić information content (AvgIpc) is 2.71. The van der Waals surface area contributed by atoms with Crippen molar-refractivity contribution in [1.82, 2.24) is 0 Å². The number of alkyl halides is 1. The summed E-state index contributed by atoms with van der Waals surface area (Å²) in [6, 6.07) is 0. The molecular weight excluding hydrogens is 403 g/mol. The molecule has 0 spiro atoms. The van der Waals surface area contributed by atoms with Crippen molar-refractivity contribution in [2.24, 2.45) is 23.2 Å². The molecule has 23 heavy (non-hydrogen) atoms. The van der Waals surface area contributed by atoms with Crippen LogP contribution in [0.1, 0.15) is 72.6 Å². The highest BCUT2D eigenvalue weighted by molar-refractivity contribution is 5.11. The molecule has 2 aliphatic carbocycles. The van der Waals surface area contributed by atoms with Gasteiger partial charge in [-0.2, -0.15) is 0 Å². The third-order valence-electron chi connectivity index (χ3n) is 6.73. The first-order valence-electron chi connectivity index (χ1n) is 9.24. The van der Waals surface area contributed by atoms with Crippen molar-refractivity contribution in [1.29, 1.82) is 0 Å². The van der Waals surface area contributed by atoms with E-state index >= 15 is 0 Å². The Labute approximate surface area is 155 Å². The molecule has 0 aromatic rings. The Bertz CT molecular complexity index is 408. The predicted molar refractivity (Wildman–Crippen MR) is 88.7 cm³/mol. The highest BCUT2D eigenvalue weighted by atomic mass is 127. The van der Waals surface area contributed by atoms with E-state index in [1.54, 1.807) is 0 Å². The third kappa shape index (κ3) is 3.90. The van der Waals surface area contributed by atoms with E-state index in [2.05, 4.69) is 36.4 Å². The Balaban J connectivity index is 2.09. The van der Waals surface area contributed by atoms with Crippen molar-refractivity contribution in [2.75, 3.05) is 6.61 Å². The van der Waals surface area contributed by atoms with E-state index in [-0.39, 0.29) is 27.5 Å². The van der Waals surface area contributed by atoms with Crippen LogP contribution >= 0.6 is 0 Å². The smallest absolute Gasteiger partial charge is 0.0595 e. The first kappa shape index (κ1) is 19.9. The Hall–Kier alpha value is 0.610. The summed E-state index contributed by atoms with van der Waals surface area (Å²) in [5.41, 5.74) is -0.528. The van der Waals surface area contributed by atoms with E-state index in [1.807, 2.05) is 13.8 Å². The summed E-state index contributed by atoms with van der Waals surface area (Å²) >= 11 is 2.56. The molecule has 0 aliphatic heterocycles. The Kier molecular flexibility index (Phi) is 6.14. The van der Waals surface area contributed by atoms with Crippen molar-refractivity contribution >= 4 is 0 Å². The normalized spacial score (nSPS) is 40.7. The monoisotopic (exact) mass is 438 g/mol. The second-order valence-corrected chi connectivity index (χ2v) is 11.0. The molecule has 2 fully saturated rings. The van der Waals surface area contributed by atoms with Crippen molar-refractivity contribution < 1.29 is 37.9 Å². The van der Waals surface area contributed by atoms with Crippen LogP contribution in [0, 0.1) is 23.2 Å². The van der Waals surface area contributed by atoms with Crippen molar-refractivity contribution in [3.05, 3.63) is 0 Å². The summed E-state index contributed by atoms with van der Waals surface area (Å²) < 4.78 is 0.0207. The molecule has 6 unspecified atom stereocenters. The van der Waals surface area contributed by atoms with Gasteiger partial charge in [-0.05, 0) is 62.7 Å². The van der Waals surface area contributed by atoms with Crippen LogP contribution in [-0.4, -0.2) is 37.1 Å². The van der Waals surface area contributed by atoms with Crippen LogP contribution in [0.4, 0.5) is 0 Å². The molecule has 0 aromatic carbocycles. The lowest BCUT2D eigenvalue weighted by atomic mass is 9.61. The number of hydrogen-bond donors (Lipinski definition) is 3. The van der Waals surface area contributed by atoms with Crippen LogP contribution in [0.5, 0.6) is 0 Å². The Morgan fingerprint density at radius 3 is 2.48 bits per heavy atom. The van der Waals surface area contributed by atoms with Gasteiger partial charge in [0.15, 0.2) is 0 Å². The van der Waals surface area contributed by atoms with E-state index in [4.69, 9.17) is 0 Å². The highest BCUT2D eigenvalue weighted by Crippen LogP contribution is 2.58. The number of fused-ring (bicyclic) bond motifs is 1. The predicted octanol–water partition coefficient (Wildman–Crippen LogP) is 0.0353. The molecule has 4 heteroatoms. The first-order valence-corrected chi connectivity index (χ1v) is 10.3. The van der Waals surface area contributed by atoms with Gasteiger partial charge in [-0.1, -0.05) is 33.1 Å². The summed E-state index contributed by atoms with van der Waals surface area (Å²) in [4.78, 5) is 0. The molecule has 6 atom stereocenters. The van der Waals surface area contributed by atoms with E-state index in [9.17, 15) is 15.3 Å². The van der Waals surface area contributed by atoms with Gasteiger partial charge < -0.3 is 37.9 Å². The summed E-state index contributed by atoms with van der Waals surface area (Å²) in [7, 11) is 0. The van der Waals surface area contributed by atoms with E-state index in [0.29, 0.717) is 18.3 Å². The third-order valence-corrected chi connectivity index (χ3v) is 9.22. The molecule has 2 rings (SSSR count). The minimum Gasteiger partial charge on any atom is -0.786 e. The topological polar surface area (TPSA) is 60.7 Å². The van der Waals surface area contributed by atoms with E-state index in [1.165, 1.54) is 12.8 Å². The lowest BCUT2D eigenvalue weighted by molar-refractivity contribution is -0.527. The fourth-order valence-electron chi connectivity index (χ4n) is 5.64. The molecule has 2 aliphatic rings. The maximum atomic E-state index is 10.6. The lowest BCUT2D eigenvalue weighted by Crippen LogP contribution is -3.45. The molecule has 0 amide bonds. The Morgan fingerprint density at radius 1 is 1.26 bits per heavy atom. The van der Waals surface area contributed by atoms with E-state index < -0.39 is 5.60 Å². The number of hydrogen-bond acceptors (Lipinski definition) is 3. The first-order chi connectivity index (χ1) is 10.5. The van der Waals surface area contributed by atoms with Gasteiger partial charge in [0.2, 0.25) is 0 Å². The number of halogens is 1. The highest BCUT2D eigenvalue weighted by Gasteiger charge is 2.54. The maximum Gasteiger partial charge on any atom is 0.0595 e. The zero-order valence-electron chi connectivity index (χ0n) is 15.2. The van der Waals surface area contributed by atoms with Crippen LogP contribution in [-0.2, 0) is 0 Å². The minimum absolute atomic E-state index is 0.0207. The van der Waals surface area contributed by atoms with Gasteiger partial charge in [-0.25, -0.2) is 0 Å².